The topological polar surface area (TPSA) is 70.6 Å². The maximum Gasteiger partial charge on any atom is 0.329 e. The Hall–Kier alpha value is -2.52. The highest BCUT2D eigenvalue weighted by Crippen LogP contribution is 2.21. The molecule has 2 amide bonds. The molecule has 0 radical (unpaired) electrons. The fraction of sp³-hybridized carbons (Fsp3) is 0.250. The number of benzene rings is 1. The number of hydrazone groups is 1. The van der Waals surface area contributed by atoms with E-state index < -0.39 is 46.5 Å². The van der Waals surface area contributed by atoms with Crippen LogP contribution < -0.4 is 10.7 Å². The minimum atomic E-state index is -2.31. The number of nitrogens with one attached hydrogen (secondary N) is 2. The van der Waals surface area contributed by atoms with Gasteiger partial charge in [0.05, 0.1) is 11.8 Å². The van der Waals surface area contributed by atoms with Crippen molar-refractivity contribution < 1.29 is 31.5 Å². The van der Waals surface area contributed by atoms with Crippen LogP contribution in [-0.4, -0.2) is 24.1 Å². The van der Waals surface area contributed by atoms with Gasteiger partial charge in [-0.25, -0.2) is 27.4 Å². The third-order valence-corrected chi connectivity index (χ3v) is 2.72. The van der Waals surface area contributed by atoms with Crippen molar-refractivity contribution in [3.8, 4) is 0 Å². The van der Waals surface area contributed by atoms with Crippen LogP contribution in [0.15, 0.2) is 5.10 Å². The summed E-state index contributed by atoms with van der Waals surface area (Å²) in [4.78, 5) is 22.4. The first-order chi connectivity index (χ1) is 10.3. The molecule has 0 spiro atoms. The number of halogens is 5. The zero-order valence-corrected chi connectivity index (χ0v) is 10.7. The monoisotopic (exact) mass is 321 g/mol. The van der Waals surface area contributed by atoms with Crippen molar-refractivity contribution in [2.24, 2.45) is 5.10 Å². The van der Waals surface area contributed by atoms with Crippen LogP contribution in [0.5, 0.6) is 0 Å². The summed E-state index contributed by atoms with van der Waals surface area (Å²) in [6, 6.07) is -0.0996. The van der Waals surface area contributed by atoms with Crippen molar-refractivity contribution in [2.75, 3.05) is 0 Å². The normalized spacial score (nSPS) is 14.2. The molecule has 0 atom stereocenters. The molecule has 1 fully saturated rings. The van der Waals surface area contributed by atoms with Crippen molar-refractivity contribution in [1.82, 2.24) is 10.7 Å². The first-order valence-electron chi connectivity index (χ1n) is 5.98. The van der Waals surface area contributed by atoms with Gasteiger partial charge >= 0.3 is 11.8 Å². The van der Waals surface area contributed by atoms with Gasteiger partial charge in [0.25, 0.3) is 0 Å². The summed E-state index contributed by atoms with van der Waals surface area (Å²) < 4.78 is 65.1. The molecule has 1 saturated carbocycles. The van der Waals surface area contributed by atoms with E-state index in [9.17, 15) is 31.5 Å². The molecule has 118 valence electrons. The van der Waals surface area contributed by atoms with E-state index in [-0.39, 0.29) is 12.3 Å². The van der Waals surface area contributed by atoms with E-state index in [1.165, 1.54) is 0 Å². The summed E-state index contributed by atoms with van der Waals surface area (Å²) in [5, 5.41) is 5.31. The van der Waals surface area contributed by atoms with Crippen molar-refractivity contribution in [1.29, 1.82) is 0 Å². The average Bonchev–Trinajstić information content (AvgIpc) is 3.30. The smallest absolute Gasteiger partial charge is 0.329 e. The summed E-state index contributed by atoms with van der Waals surface area (Å²) >= 11 is 0. The van der Waals surface area contributed by atoms with E-state index in [0.29, 0.717) is 0 Å². The van der Waals surface area contributed by atoms with Crippen LogP contribution in [0.4, 0.5) is 22.0 Å². The van der Waals surface area contributed by atoms with Crippen LogP contribution in [0.1, 0.15) is 18.4 Å². The molecule has 0 bridgehead atoms. The van der Waals surface area contributed by atoms with Gasteiger partial charge in [-0.1, -0.05) is 0 Å². The SMILES string of the molecule is O=C(N/N=C\c1c(F)c(F)c(F)c(F)c1F)C(=O)NC1CC1. The summed E-state index contributed by atoms with van der Waals surface area (Å²) in [7, 11) is 0. The highest BCUT2D eigenvalue weighted by molar-refractivity contribution is 6.35. The van der Waals surface area contributed by atoms with Gasteiger partial charge < -0.3 is 5.32 Å². The second kappa shape index (κ2) is 6.08. The quantitative estimate of drug-likeness (QED) is 0.219. The van der Waals surface area contributed by atoms with E-state index in [2.05, 4.69) is 10.4 Å². The number of carbonyl (C=O) groups is 2. The van der Waals surface area contributed by atoms with Gasteiger partial charge in [0.15, 0.2) is 23.3 Å². The lowest BCUT2D eigenvalue weighted by Crippen LogP contribution is -2.38. The zero-order valence-electron chi connectivity index (χ0n) is 10.7. The molecule has 1 aliphatic rings. The van der Waals surface area contributed by atoms with Crippen molar-refractivity contribution >= 4 is 18.0 Å². The molecule has 0 unspecified atom stereocenters. The van der Waals surface area contributed by atoms with Crippen molar-refractivity contribution in [3.63, 3.8) is 0 Å². The number of rotatable bonds is 3. The molecule has 0 aromatic heterocycles. The number of nitrogens with zero attached hydrogens (tertiary/aromatic N) is 1. The lowest BCUT2D eigenvalue weighted by Gasteiger charge is -2.04. The van der Waals surface area contributed by atoms with Crippen LogP contribution >= 0.6 is 0 Å². The molecule has 2 N–H and O–H groups in total. The fourth-order valence-electron chi connectivity index (χ4n) is 1.42. The van der Waals surface area contributed by atoms with Crippen LogP contribution in [-0.2, 0) is 9.59 Å². The molecule has 22 heavy (non-hydrogen) atoms. The standard InChI is InChI=1S/C12H8F5N3O2/c13-6-5(7(14)9(16)10(17)8(6)15)3-18-20-12(22)11(21)19-4-1-2-4/h3-4H,1-2H2,(H,19,21)(H,20,22)/b18-3-. The summed E-state index contributed by atoms with van der Waals surface area (Å²) in [6.45, 7) is 0. The van der Waals surface area contributed by atoms with Gasteiger partial charge in [-0.3, -0.25) is 9.59 Å². The second-order valence-corrected chi connectivity index (χ2v) is 4.43. The Kier molecular flexibility index (Phi) is 4.38. The van der Waals surface area contributed by atoms with Gasteiger partial charge in [0, 0.05) is 6.04 Å². The van der Waals surface area contributed by atoms with Crippen LogP contribution in [0, 0.1) is 29.1 Å². The van der Waals surface area contributed by atoms with E-state index in [0.717, 1.165) is 12.8 Å². The van der Waals surface area contributed by atoms with E-state index in [1.54, 1.807) is 5.43 Å². The van der Waals surface area contributed by atoms with Gasteiger partial charge in [0.2, 0.25) is 5.82 Å². The van der Waals surface area contributed by atoms with Crippen molar-refractivity contribution in [2.45, 2.75) is 18.9 Å². The van der Waals surface area contributed by atoms with Gasteiger partial charge in [-0.05, 0) is 12.8 Å². The fourth-order valence-corrected chi connectivity index (χ4v) is 1.42. The van der Waals surface area contributed by atoms with Gasteiger partial charge in [-0.15, -0.1) is 0 Å². The molecule has 2 rings (SSSR count). The maximum absolute atomic E-state index is 13.3. The van der Waals surface area contributed by atoms with Gasteiger partial charge in [0.1, 0.15) is 0 Å². The number of hydrogen-bond donors (Lipinski definition) is 2. The third-order valence-electron chi connectivity index (χ3n) is 2.72. The van der Waals surface area contributed by atoms with E-state index >= 15 is 0 Å². The lowest BCUT2D eigenvalue weighted by molar-refractivity contribution is -0.139. The molecule has 0 aliphatic heterocycles. The number of hydrogen-bond acceptors (Lipinski definition) is 3. The minimum Gasteiger partial charge on any atom is -0.345 e. The van der Waals surface area contributed by atoms with Gasteiger partial charge in [-0.2, -0.15) is 5.10 Å². The van der Waals surface area contributed by atoms with Crippen LogP contribution in [0.25, 0.3) is 0 Å². The van der Waals surface area contributed by atoms with E-state index in [4.69, 9.17) is 0 Å². The Bertz CT molecular complexity index is 644. The molecule has 1 aromatic rings. The van der Waals surface area contributed by atoms with E-state index in [1.807, 2.05) is 0 Å². The van der Waals surface area contributed by atoms with Crippen LogP contribution in [0.2, 0.25) is 0 Å². The first kappa shape index (κ1) is 15.9. The Morgan fingerprint density at radius 2 is 1.41 bits per heavy atom. The third kappa shape index (κ3) is 3.21. The van der Waals surface area contributed by atoms with Crippen LogP contribution in [0.3, 0.4) is 0 Å². The molecular weight excluding hydrogens is 313 g/mol. The molecule has 10 heteroatoms. The highest BCUT2D eigenvalue weighted by atomic mass is 19.2. The first-order valence-corrected chi connectivity index (χ1v) is 5.98. The highest BCUT2D eigenvalue weighted by Gasteiger charge is 2.27. The Morgan fingerprint density at radius 3 is 1.91 bits per heavy atom. The Balaban J connectivity index is 2.10. The molecule has 5 nitrogen and oxygen atoms in total. The average molecular weight is 321 g/mol. The lowest BCUT2D eigenvalue weighted by atomic mass is 10.2. The summed E-state index contributed by atoms with van der Waals surface area (Å²) in [5.41, 5.74) is 0.285. The largest absolute Gasteiger partial charge is 0.345 e. The Labute approximate surface area is 120 Å². The molecule has 1 aromatic carbocycles. The second-order valence-electron chi connectivity index (χ2n) is 4.43. The Morgan fingerprint density at radius 1 is 0.909 bits per heavy atom. The molecular formula is C12H8F5N3O2. The van der Waals surface area contributed by atoms with Crippen molar-refractivity contribution in [3.05, 3.63) is 34.6 Å². The maximum atomic E-state index is 13.3. The predicted molar refractivity (Wildman–Crippen MR) is 63.1 cm³/mol. The molecule has 0 heterocycles. The predicted octanol–water partition coefficient (Wildman–Crippen LogP) is 1.11. The molecule has 1 aliphatic carbocycles. The number of amides is 2. The minimum absolute atomic E-state index is 0.0996. The number of carbonyl (C=O) groups excluding carboxylic acids is 2. The molecule has 0 saturated heterocycles. The zero-order chi connectivity index (χ0) is 16.4. The summed E-state index contributed by atoms with van der Waals surface area (Å²) in [5.74, 6) is -13.0. The summed E-state index contributed by atoms with van der Waals surface area (Å²) in [6.07, 6.45) is 1.68.